The van der Waals surface area contributed by atoms with E-state index >= 15 is 0 Å². The lowest BCUT2D eigenvalue weighted by Gasteiger charge is -2.23. The molecule has 0 aliphatic carbocycles. The maximum Gasteiger partial charge on any atom is 0.326 e. The summed E-state index contributed by atoms with van der Waals surface area (Å²) in [5.41, 5.74) is 4.41. The van der Waals surface area contributed by atoms with E-state index in [1.54, 1.807) is 0 Å². The van der Waals surface area contributed by atoms with Gasteiger partial charge in [0.25, 0.3) is 0 Å². The van der Waals surface area contributed by atoms with Crippen LogP contribution in [0.3, 0.4) is 0 Å². The first-order valence-electron chi connectivity index (χ1n) is 4.08. The Labute approximate surface area is 72.7 Å². The number of hydrogen-bond donors (Lipinski definition) is 2. The molecule has 0 saturated carbocycles. The van der Waals surface area contributed by atoms with Crippen molar-refractivity contribution in [2.75, 3.05) is 13.7 Å². The van der Waals surface area contributed by atoms with Crippen LogP contribution in [0.2, 0.25) is 0 Å². The second kappa shape index (κ2) is 5.11. The van der Waals surface area contributed by atoms with Crippen molar-refractivity contribution in [3.63, 3.8) is 0 Å². The standard InChI is InChI=1S/C8H17NO3/c1-3-4-5-8(9,6-12-2)7(10)11/h3-6,9H2,1-2H3,(H,10,11). The number of aliphatic carboxylic acids is 1. The molecule has 4 heteroatoms. The molecule has 1 atom stereocenters. The number of carbonyl (C=O) groups is 1. The molecule has 0 fully saturated rings. The van der Waals surface area contributed by atoms with E-state index in [2.05, 4.69) is 0 Å². The summed E-state index contributed by atoms with van der Waals surface area (Å²) in [5, 5.41) is 8.79. The first-order valence-corrected chi connectivity index (χ1v) is 4.08. The monoisotopic (exact) mass is 175 g/mol. The molecule has 12 heavy (non-hydrogen) atoms. The Balaban J connectivity index is 4.08. The normalized spacial score (nSPS) is 15.6. The number of unbranched alkanes of at least 4 members (excludes halogenated alkanes) is 1. The van der Waals surface area contributed by atoms with Crippen molar-refractivity contribution in [1.82, 2.24) is 0 Å². The van der Waals surface area contributed by atoms with E-state index in [4.69, 9.17) is 15.6 Å². The minimum Gasteiger partial charge on any atom is -0.480 e. The van der Waals surface area contributed by atoms with Crippen molar-refractivity contribution in [3.8, 4) is 0 Å². The van der Waals surface area contributed by atoms with E-state index < -0.39 is 11.5 Å². The van der Waals surface area contributed by atoms with Gasteiger partial charge in [-0.3, -0.25) is 4.79 Å². The van der Waals surface area contributed by atoms with E-state index in [0.29, 0.717) is 6.42 Å². The molecule has 0 radical (unpaired) electrons. The number of hydrogen-bond acceptors (Lipinski definition) is 3. The van der Waals surface area contributed by atoms with E-state index in [9.17, 15) is 4.79 Å². The van der Waals surface area contributed by atoms with Gasteiger partial charge in [-0.1, -0.05) is 19.8 Å². The summed E-state index contributed by atoms with van der Waals surface area (Å²) in [6, 6.07) is 0. The quantitative estimate of drug-likeness (QED) is 0.620. The Kier molecular flexibility index (Phi) is 4.85. The minimum absolute atomic E-state index is 0.0718. The van der Waals surface area contributed by atoms with E-state index in [1.165, 1.54) is 7.11 Å². The Morgan fingerprint density at radius 3 is 2.58 bits per heavy atom. The number of carboxylic acids is 1. The zero-order valence-electron chi connectivity index (χ0n) is 7.67. The number of nitrogens with two attached hydrogens (primary N) is 1. The summed E-state index contributed by atoms with van der Waals surface area (Å²) in [6.45, 7) is 2.07. The van der Waals surface area contributed by atoms with E-state index in [1.807, 2.05) is 6.92 Å². The van der Waals surface area contributed by atoms with Gasteiger partial charge in [-0.2, -0.15) is 0 Å². The zero-order valence-corrected chi connectivity index (χ0v) is 7.67. The molecule has 0 rings (SSSR count). The number of methoxy groups -OCH3 is 1. The van der Waals surface area contributed by atoms with Gasteiger partial charge in [0.05, 0.1) is 6.61 Å². The molecular weight excluding hydrogens is 158 g/mol. The molecule has 0 aliphatic heterocycles. The van der Waals surface area contributed by atoms with Crippen molar-refractivity contribution in [2.24, 2.45) is 5.73 Å². The van der Waals surface area contributed by atoms with Crippen molar-refractivity contribution in [3.05, 3.63) is 0 Å². The first-order chi connectivity index (χ1) is 5.56. The van der Waals surface area contributed by atoms with E-state index in [0.717, 1.165) is 12.8 Å². The van der Waals surface area contributed by atoms with Crippen molar-refractivity contribution < 1.29 is 14.6 Å². The van der Waals surface area contributed by atoms with Gasteiger partial charge in [-0.15, -0.1) is 0 Å². The van der Waals surface area contributed by atoms with Gasteiger partial charge in [0.15, 0.2) is 0 Å². The van der Waals surface area contributed by atoms with Crippen molar-refractivity contribution in [1.29, 1.82) is 0 Å². The number of ether oxygens (including phenoxy) is 1. The molecule has 72 valence electrons. The van der Waals surface area contributed by atoms with Gasteiger partial charge in [-0.25, -0.2) is 0 Å². The molecule has 0 aromatic heterocycles. The van der Waals surface area contributed by atoms with Gasteiger partial charge in [0, 0.05) is 7.11 Å². The van der Waals surface area contributed by atoms with Crippen LogP contribution >= 0.6 is 0 Å². The second-order valence-electron chi connectivity index (χ2n) is 3.00. The summed E-state index contributed by atoms with van der Waals surface area (Å²) in [4.78, 5) is 10.7. The lowest BCUT2D eigenvalue weighted by molar-refractivity contribution is -0.145. The Hall–Kier alpha value is -0.610. The largest absolute Gasteiger partial charge is 0.480 e. The third-order valence-corrected chi connectivity index (χ3v) is 1.80. The molecule has 3 N–H and O–H groups in total. The van der Waals surface area contributed by atoms with Crippen LogP contribution in [-0.4, -0.2) is 30.3 Å². The first kappa shape index (κ1) is 11.4. The van der Waals surface area contributed by atoms with Gasteiger partial charge in [0.2, 0.25) is 0 Å². The predicted molar refractivity (Wildman–Crippen MR) is 46.0 cm³/mol. The maximum absolute atomic E-state index is 10.7. The number of carboxylic acid groups (broad SMARTS) is 1. The smallest absolute Gasteiger partial charge is 0.326 e. The molecule has 0 aromatic rings. The predicted octanol–water partition coefficient (Wildman–Crippen LogP) is 0.605. The summed E-state index contributed by atoms with van der Waals surface area (Å²) in [6.07, 6.45) is 2.22. The van der Waals surface area contributed by atoms with E-state index in [-0.39, 0.29) is 6.61 Å². The fourth-order valence-electron chi connectivity index (χ4n) is 0.991. The van der Waals surface area contributed by atoms with Gasteiger partial charge >= 0.3 is 5.97 Å². The molecule has 0 saturated heterocycles. The molecule has 0 aromatic carbocycles. The lowest BCUT2D eigenvalue weighted by Crippen LogP contribution is -2.51. The van der Waals surface area contributed by atoms with Crippen LogP contribution in [0, 0.1) is 0 Å². The molecular formula is C8H17NO3. The van der Waals surface area contributed by atoms with Crippen LogP contribution in [0.25, 0.3) is 0 Å². The SMILES string of the molecule is CCCCC(N)(COC)C(=O)O. The fourth-order valence-corrected chi connectivity index (χ4v) is 0.991. The van der Waals surface area contributed by atoms with Gasteiger partial charge in [0.1, 0.15) is 5.54 Å². The lowest BCUT2D eigenvalue weighted by atomic mass is 9.95. The average molecular weight is 175 g/mol. The van der Waals surface area contributed by atoms with Gasteiger partial charge in [-0.05, 0) is 6.42 Å². The highest BCUT2D eigenvalue weighted by molar-refractivity contribution is 5.78. The highest BCUT2D eigenvalue weighted by Crippen LogP contribution is 2.11. The van der Waals surface area contributed by atoms with Crippen LogP contribution in [0.4, 0.5) is 0 Å². The highest BCUT2D eigenvalue weighted by atomic mass is 16.5. The maximum atomic E-state index is 10.7. The second-order valence-corrected chi connectivity index (χ2v) is 3.00. The molecule has 0 amide bonds. The summed E-state index contributed by atoms with van der Waals surface area (Å²) in [7, 11) is 1.45. The van der Waals surface area contributed by atoms with Crippen LogP contribution in [0.15, 0.2) is 0 Å². The molecule has 4 nitrogen and oxygen atoms in total. The van der Waals surface area contributed by atoms with Crippen LogP contribution in [-0.2, 0) is 9.53 Å². The Bertz CT molecular complexity index is 149. The minimum atomic E-state index is -1.20. The van der Waals surface area contributed by atoms with Crippen molar-refractivity contribution in [2.45, 2.75) is 31.7 Å². The number of rotatable bonds is 6. The molecule has 0 bridgehead atoms. The molecule has 0 spiro atoms. The third kappa shape index (κ3) is 3.19. The average Bonchev–Trinajstić information content (AvgIpc) is 2.01. The summed E-state index contributed by atoms with van der Waals surface area (Å²) >= 11 is 0. The zero-order chi connectivity index (χ0) is 9.61. The van der Waals surface area contributed by atoms with Crippen LogP contribution < -0.4 is 5.73 Å². The fraction of sp³-hybridized carbons (Fsp3) is 0.875. The van der Waals surface area contributed by atoms with Gasteiger partial charge < -0.3 is 15.6 Å². The Morgan fingerprint density at radius 1 is 1.67 bits per heavy atom. The molecule has 0 heterocycles. The van der Waals surface area contributed by atoms with Crippen LogP contribution in [0.5, 0.6) is 0 Å². The Morgan fingerprint density at radius 2 is 2.25 bits per heavy atom. The molecule has 0 aliphatic rings. The van der Waals surface area contributed by atoms with Crippen LogP contribution in [0.1, 0.15) is 26.2 Å². The highest BCUT2D eigenvalue weighted by Gasteiger charge is 2.32. The summed E-state index contributed by atoms with van der Waals surface area (Å²) < 4.78 is 4.76. The topological polar surface area (TPSA) is 72.5 Å². The van der Waals surface area contributed by atoms with Crippen molar-refractivity contribution >= 4 is 5.97 Å². The third-order valence-electron chi connectivity index (χ3n) is 1.80. The summed E-state index contributed by atoms with van der Waals surface area (Å²) in [5.74, 6) is -0.988. The molecule has 1 unspecified atom stereocenters.